The van der Waals surface area contributed by atoms with Gasteiger partial charge in [-0.15, -0.1) is 0 Å². The molecule has 0 fully saturated rings. The van der Waals surface area contributed by atoms with Gasteiger partial charge in [0.05, 0.1) is 0 Å². The molecule has 0 radical (unpaired) electrons. The summed E-state index contributed by atoms with van der Waals surface area (Å²) in [5.41, 5.74) is 0.440. The van der Waals surface area contributed by atoms with Crippen LogP contribution in [0.4, 0.5) is 4.39 Å². The van der Waals surface area contributed by atoms with Crippen molar-refractivity contribution in [1.82, 2.24) is 0 Å². The summed E-state index contributed by atoms with van der Waals surface area (Å²) in [5.74, 6) is -0.561. The van der Waals surface area contributed by atoms with E-state index in [0.717, 1.165) is 4.47 Å². The monoisotopic (exact) mass is 348 g/mol. The fourth-order valence-corrected chi connectivity index (χ4v) is 2.69. The SMILES string of the molecule is OC(c1ccc(Br)cc1Cl)c1c(F)cccc1Cl. The number of hydrogen-bond acceptors (Lipinski definition) is 1. The lowest BCUT2D eigenvalue weighted by atomic mass is 10.0. The zero-order chi connectivity index (χ0) is 13.3. The molecule has 2 aromatic rings. The standard InChI is InChI=1S/C13H8BrCl2FO/c14-7-4-5-8(10(16)6-7)13(18)12-9(15)2-1-3-11(12)17/h1-6,13,18H. The predicted octanol–water partition coefficient (Wildman–Crippen LogP) is 4.98. The summed E-state index contributed by atoms with van der Waals surface area (Å²) in [6.07, 6.45) is -1.20. The van der Waals surface area contributed by atoms with E-state index in [4.69, 9.17) is 23.2 Å². The minimum atomic E-state index is -1.20. The van der Waals surface area contributed by atoms with Crippen LogP contribution >= 0.6 is 39.1 Å². The quantitative estimate of drug-likeness (QED) is 0.810. The first-order valence-electron chi connectivity index (χ1n) is 5.07. The van der Waals surface area contributed by atoms with Crippen LogP contribution in [0.5, 0.6) is 0 Å². The highest BCUT2D eigenvalue weighted by Gasteiger charge is 2.20. The maximum atomic E-state index is 13.7. The minimum Gasteiger partial charge on any atom is -0.383 e. The van der Waals surface area contributed by atoms with Gasteiger partial charge < -0.3 is 5.11 Å². The summed E-state index contributed by atoms with van der Waals surface area (Å²) < 4.78 is 14.5. The van der Waals surface area contributed by atoms with Crippen molar-refractivity contribution in [3.63, 3.8) is 0 Å². The molecule has 0 bridgehead atoms. The Morgan fingerprint density at radius 1 is 1.11 bits per heavy atom. The van der Waals surface area contributed by atoms with Crippen LogP contribution in [-0.2, 0) is 0 Å². The normalized spacial score (nSPS) is 12.5. The van der Waals surface area contributed by atoms with Gasteiger partial charge in [0.15, 0.2) is 0 Å². The van der Waals surface area contributed by atoms with Gasteiger partial charge in [0.25, 0.3) is 0 Å². The molecular formula is C13H8BrCl2FO. The van der Waals surface area contributed by atoms with E-state index >= 15 is 0 Å². The number of hydrogen-bond donors (Lipinski definition) is 1. The Kier molecular flexibility index (Phi) is 4.28. The average Bonchev–Trinajstić information content (AvgIpc) is 2.28. The lowest BCUT2D eigenvalue weighted by Crippen LogP contribution is -2.04. The van der Waals surface area contributed by atoms with Crippen LogP contribution in [-0.4, -0.2) is 5.11 Å². The Morgan fingerprint density at radius 2 is 1.83 bits per heavy atom. The first-order chi connectivity index (χ1) is 8.50. The predicted molar refractivity (Wildman–Crippen MR) is 74.6 cm³/mol. The van der Waals surface area contributed by atoms with Crippen molar-refractivity contribution in [2.45, 2.75) is 6.10 Å². The molecule has 2 aromatic carbocycles. The van der Waals surface area contributed by atoms with Crippen molar-refractivity contribution in [2.75, 3.05) is 0 Å². The van der Waals surface area contributed by atoms with E-state index in [2.05, 4.69) is 15.9 Å². The smallest absolute Gasteiger partial charge is 0.130 e. The second kappa shape index (κ2) is 5.57. The van der Waals surface area contributed by atoms with Gasteiger partial charge >= 0.3 is 0 Å². The van der Waals surface area contributed by atoms with E-state index in [0.29, 0.717) is 10.6 Å². The zero-order valence-corrected chi connectivity index (χ0v) is 12.1. The van der Waals surface area contributed by atoms with Gasteiger partial charge in [-0.1, -0.05) is 51.3 Å². The summed E-state index contributed by atoms with van der Waals surface area (Å²) in [6, 6.07) is 9.23. The Bertz CT molecular complexity index is 569. The van der Waals surface area contributed by atoms with Gasteiger partial charge in [0, 0.05) is 25.6 Å². The van der Waals surface area contributed by atoms with Crippen molar-refractivity contribution >= 4 is 39.1 Å². The molecule has 94 valence electrons. The van der Waals surface area contributed by atoms with Gasteiger partial charge in [-0.2, -0.15) is 0 Å². The molecule has 0 heterocycles. The van der Waals surface area contributed by atoms with E-state index in [1.165, 1.54) is 18.2 Å². The first kappa shape index (κ1) is 13.8. The maximum Gasteiger partial charge on any atom is 0.130 e. The molecular weight excluding hydrogens is 342 g/mol. The molecule has 0 saturated carbocycles. The van der Waals surface area contributed by atoms with E-state index in [-0.39, 0.29) is 10.6 Å². The lowest BCUT2D eigenvalue weighted by Gasteiger charge is -2.15. The van der Waals surface area contributed by atoms with Gasteiger partial charge in [-0.05, 0) is 24.3 Å². The third-order valence-electron chi connectivity index (χ3n) is 2.53. The lowest BCUT2D eigenvalue weighted by molar-refractivity contribution is 0.215. The Hall–Kier alpha value is -0.610. The van der Waals surface area contributed by atoms with Crippen LogP contribution in [0.3, 0.4) is 0 Å². The van der Waals surface area contributed by atoms with Crippen molar-refractivity contribution in [2.24, 2.45) is 0 Å². The Balaban J connectivity index is 2.51. The van der Waals surface area contributed by atoms with E-state index in [9.17, 15) is 9.50 Å². The molecule has 0 aliphatic carbocycles. The summed E-state index contributed by atoms with van der Waals surface area (Å²) >= 11 is 15.2. The molecule has 0 aliphatic heterocycles. The second-order valence-corrected chi connectivity index (χ2v) is 5.43. The Morgan fingerprint density at radius 3 is 2.44 bits per heavy atom. The second-order valence-electron chi connectivity index (χ2n) is 3.70. The highest BCUT2D eigenvalue weighted by molar-refractivity contribution is 9.10. The molecule has 2 rings (SSSR count). The molecule has 0 aliphatic rings. The van der Waals surface area contributed by atoms with Gasteiger partial charge in [0.1, 0.15) is 11.9 Å². The van der Waals surface area contributed by atoms with Crippen LogP contribution in [0.15, 0.2) is 40.9 Å². The van der Waals surface area contributed by atoms with Crippen molar-refractivity contribution in [3.8, 4) is 0 Å². The zero-order valence-electron chi connectivity index (χ0n) is 9.00. The van der Waals surface area contributed by atoms with Crippen molar-refractivity contribution in [1.29, 1.82) is 0 Å². The van der Waals surface area contributed by atoms with Crippen LogP contribution < -0.4 is 0 Å². The molecule has 0 aromatic heterocycles. The molecule has 1 atom stereocenters. The summed E-state index contributed by atoms with van der Waals surface area (Å²) in [7, 11) is 0. The number of benzene rings is 2. The fraction of sp³-hybridized carbons (Fsp3) is 0.0769. The van der Waals surface area contributed by atoms with Crippen LogP contribution in [0.1, 0.15) is 17.2 Å². The molecule has 0 amide bonds. The molecule has 0 spiro atoms. The average molecular weight is 350 g/mol. The number of aliphatic hydroxyl groups is 1. The van der Waals surface area contributed by atoms with Gasteiger partial charge in [-0.25, -0.2) is 4.39 Å². The third-order valence-corrected chi connectivity index (χ3v) is 3.68. The fourth-order valence-electron chi connectivity index (χ4n) is 1.65. The summed E-state index contributed by atoms with van der Waals surface area (Å²) in [5, 5.41) is 10.7. The van der Waals surface area contributed by atoms with E-state index in [1.54, 1.807) is 18.2 Å². The van der Waals surface area contributed by atoms with Crippen molar-refractivity contribution < 1.29 is 9.50 Å². The van der Waals surface area contributed by atoms with Gasteiger partial charge in [-0.3, -0.25) is 0 Å². The van der Waals surface area contributed by atoms with Crippen LogP contribution in [0, 0.1) is 5.82 Å². The molecule has 0 saturated heterocycles. The molecule has 5 heteroatoms. The molecule has 1 N–H and O–H groups in total. The van der Waals surface area contributed by atoms with Crippen LogP contribution in [0.2, 0.25) is 10.0 Å². The number of aliphatic hydroxyl groups excluding tert-OH is 1. The van der Waals surface area contributed by atoms with E-state index in [1.807, 2.05) is 0 Å². The highest BCUT2D eigenvalue weighted by Crippen LogP contribution is 2.34. The van der Waals surface area contributed by atoms with Gasteiger partial charge in [0.2, 0.25) is 0 Å². The molecule has 1 unspecified atom stereocenters. The van der Waals surface area contributed by atoms with E-state index < -0.39 is 11.9 Å². The topological polar surface area (TPSA) is 20.2 Å². The maximum absolute atomic E-state index is 13.7. The third kappa shape index (κ3) is 2.69. The highest BCUT2D eigenvalue weighted by atomic mass is 79.9. The number of halogens is 4. The number of rotatable bonds is 2. The van der Waals surface area contributed by atoms with Crippen LogP contribution in [0.25, 0.3) is 0 Å². The largest absolute Gasteiger partial charge is 0.383 e. The minimum absolute atomic E-state index is 0.0309. The summed E-state index contributed by atoms with van der Waals surface area (Å²) in [6.45, 7) is 0. The first-order valence-corrected chi connectivity index (χ1v) is 6.62. The molecule has 18 heavy (non-hydrogen) atoms. The summed E-state index contributed by atoms with van der Waals surface area (Å²) in [4.78, 5) is 0. The Labute approximate surface area is 122 Å². The molecule has 1 nitrogen and oxygen atoms in total. The van der Waals surface area contributed by atoms with Crippen molar-refractivity contribution in [3.05, 3.63) is 67.9 Å².